The highest BCUT2D eigenvalue weighted by Gasteiger charge is 2.15. The molecule has 6 nitrogen and oxygen atoms in total. The Morgan fingerprint density at radius 3 is 2.37 bits per heavy atom. The summed E-state index contributed by atoms with van der Waals surface area (Å²) in [5.74, 6) is -0.409. The lowest BCUT2D eigenvalue weighted by Crippen LogP contribution is -2.37. The lowest BCUT2D eigenvalue weighted by molar-refractivity contribution is -0.127. The van der Waals surface area contributed by atoms with Crippen molar-refractivity contribution in [1.82, 2.24) is 9.88 Å². The van der Waals surface area contributed by atoms with Crippen LogP contribution in [0.1, 0.15) is 23.0 Å². The number of amides is 1. The second-order valence-corrected chi connectivity index (χ2v) is 4.41. The van der Waals surface area contributed by atoms with Gasteiger partial charge in [0.15, 0.2) is 0 Å². The molecule has 0 aliphatic heterocycles. The predicted molar refractivity (Wildman–Crippen MR) is 72.5 cm³/mol. The Bertz CT molecular complexity index is 486. The lowest BCUT2D eigenvalue weighted by atomic mass is 10.2. The average Bonchev–Trinajstić information content (AvgIpc) is 2.34. The number of hydrogen-bond acceptors (Lipinski definition) is 4. The van der Waals surface area contributed by atoms with Crippen molar-refractivity contribution in [2.24, 2.45) is 0 Å². The first kappa shape index (κ1) is 14.9. The third-order valence-electron chi connectivity index (χ3n) is 2.83. The Labute approximate surface area is 112 Å². The Balaban J connectivity index is 2.97. The number of carboxylic acid groups (broad SMARTS) is 1. The largest absolute Gasteiger partial charge is 0.478 e. The minimum Gasteiger partial charge on any atom is -0.478 e. The van der Waals surface area contributed by atoms with Gasteiger partial charge in [-0.2, -0.15) is 0 Å². The number of likely N-dealkylation sites (N-methyl/N-ethyl adjacent to an activating group) is 2. The van der Waals surface area contributed by atoms with Crippen LogP contribution in [0, 0.1) is 6.92 Å². The first-order valence-electron chi connectivity index (χ1n) is 6.02. The maximum atomic E-state index is 11.7. The fraction of sp³-hybridized carbons (Fsp3) is 0.462. The average molecular weight is 265 g/mol. The second kappa shape index (κ2) is 6.17. The van der Waals surface area contributed by atoms with Crippen LogP contribution in [0.4, 0.5) is 5.82 Å². The van der Waals surface area contributed by atoms with Gasteiger partial charge in [-0.3, -0.25) is 4.79 Å². The van der Waals surface area contributed by atoms with Crippen LogP contribution in [0.25, 0.3) is 0 Å². The Hall–Kier alpha value is -2.11. The van der Waals surface area contributed by atoms with Crippen LogP contribution in [0.15, 0.2) is 12.1 Å². The summed E-state index contributed by atoms with van der Waals surface area (Å²) >= 11 is 0. The van der Waals surface area contributed by atoms with Gasteiger partial charge in [-0.15, -0.1) is 0 Å². The van der Waals surface area contributed by atoms with Crippen LogP contribution in [-0.4, -0.2) is 54.1 Å². The molecule has 0 aromatic carbocycles. The molecule has 0 aliphatic carbocycles. The molecule has 104 valence electrons. The summed E-state index contributed by atoms with van der Waals surface area (Å²) in [7, 11) is 3.39. The third kappa shape index (κ3) is 3.67. The second-order valence-electron chi connectivity index (χ2n) is 4.41. The van der Waals surface area contributed by atoms with E-state index < -0.39 is 5.97 Å². The molecule has 0 spiro atoms. The number of nitrogens with zero attached hydrogens (tertiary/aromatic N) is 3. The highest BCUT2D eigenvalue weighted by atomic mass is 16.4. The van der Waals surface area contributed by atoms with E-state index in [1.165, 1.54) is 11.0 Å². The third-order valence-corrected chi connectivity index (χ3v) is 2.83. The Morgan fingerprint density at radius 1 is 1.32 bits per heavy atom. The molecule has 0 saturated carbocycles. The summed E-state index contributed by atoms with van der Waals surface area (Å²) in [5.41, 5.74) is 0.625. The number of anilines is 1. The summed E-state index contributed by atoms with van der Waals surface area (Å²) in [5, 5.41) is 8.96. The summed E-state index contributed by atoms with van der Waals surface area (Å²) in [6.45, 7) is 4.42. The van der Waals surface area contributed by atoms with Gasteiger partial charge in [0.2, 0.25) is 5.91 Å². The van der Waals surface area contributed by atoms with Gasteiger partial charge in [-0.1, -0.05) is 0 Å². The van der Waals surface area contributed by atoms with Crippen molar-refractivity contribution >= 4 is 17.7 Å². The van der Waals surface area contributed by atoms with Gasteiger partial charge >= 0.3 is 5.97 Å². The van der Waals surface area contributed by atoms with Crippen molar-refractivity contribution in [2.45, 2.75) is 13.8 Å². The molecular weight excluding hydrogens is 246 g/mol. The van der Waals surface area contributed by atoms with Crippen molar-refractivity contribution in [3.63, 3.8) is 0 Å². The van der Waals surface area contributed by atoms with Crippen LogP contribution in [-0.2, 0) is 4.79 Å². The number of hydrogen-bond donors (Lipinski definition) is 1. The molecule has 0 fully saturated rings. The Kier molecular flexibility index (Phi) is 4.86. The molecule has 0 radical (unpaired) electrons. The first-order valence-corrected chi connectivity index (χ1v) is 6.02. The highest BCUT2D eigenvalue weighted by Crippen LogP contribution is 2.15. The molecule has 1 aromatic rings. The standard InChI is InChI=1S/C13H19N3O3/c1-5-16(8-12(17)15(3)4)11-7-6-10(13(18)19)9(2)14-11/h6-7H,5,8H2,1-4H3,(H,18,19). The van der Waals surface area contributed by atoms with Crippen molar-refractivity contribution < 1.29 is 14.7 Å². The van der Waals surface area contributed by atoms with E-state index in [0.29, 0.717) is 18.1 Å². The number of carbonyl (C=O) groups excluding carboxylic acids is 1. The monoisotopic (exact) mass is 265 g/mol. The van der Waals surface area contributed by atoms with E-state index in [9.17, 15) is 9.59 Å². The summed E-state index contributed by atoms with van der Waals surface area (Å²) in [6.07, 6.45) is 0. The molecule has 1 rings (SSSR count). The summed E-state index contributed by atoms with van der Waals surface area (Å²) in [6, 6.07) is 3.14. The van der Waals surface area contributed by atoms with E-state index in [1.807, 2.05) is 6.92 Å². The summed E-state index contributed by atoms with van der Waals surface area (Å²) < 4.78 is 0. The molecule has 0 atom stereocenters. The van der Waals surface area contributed by atoms with Crippen molar-refractivity contribution in [3.8, 4) is 0 Å². The molecule has 1 heterocycles. The van der Waals surface area contributed by atoms with E-state index in [0.717, 1.165) is 0 Å². The fourth-order valence-corrected chi connectivity index (χ4v) is 1.61. The SMILES string of the molecule is CCN(CC(=O)N(C)C)c1ccc(C(=O)O)c(C)n1. The van der Waals surface area contributed by atoms with Gasteiger partial charge < -0.3 is 14.9 Å². The fourth-order valence-electron chi connectivity index (χ4n) is 1.61. The molecule has 0 aliphatic rings. The molecule has 0 unspecified atom stereocenters. The van der Waals surface area contributed by atoms with Crippen molar-refractivity contribution in [3.05, 3.63) is 23.4 Å². The normalized spacial score (nSPS) is 10.1. The zero-order valence-electron chi connectivity index (χ0n) is 11.7. The van der Waals surface area contributed by atoms with Gasteiger partial charge in [-0.25, -0.2) is 9.78 Å². The smallest absolute Gasteiger partial charge is 0.337 e. The van der Waals surface area contributed by atoms with Crippen LogP contribution in [0.2, 0.25) is 0 Å². The molecule has 1 amide bonds. The zero-order valence-corrected chi connectivity index (χ0v) is 11.7. The van der Waals surface area contributed by atoms with E-state index in [4.69, 9.17) is 5.11 Å². The minimum atomic E-state index is -0.996. The maximum absolute atomic E-state index is 11.7. The molecule has 1 N–H and O–H groups in total. The first-order chi connectivity index (χ1) is 8.86. The van der Waals surface area contributed by atoms with E-state index in [-0.39, 0.29) is 18.0 Å². The van der Waals surface area contributed by atoms with Crippen LogP contribution in [0.3, 0.4) is 0 Å². The molecule has 19 heavy (non-hydrogen) atoms. The molecular formula is C13H19N3O3. The Morgan fingerprint density at radius 2 is 1.95 bits per heavy atom. The van der Waals surface area contributed by atoms with Crippen molar-refractivity contribution in [1.29, 1.82) is 0 Å². The number of rotatable bonds is 5. The van der Waals surface area contributed by atoms with Crippen LogP contribution >= 0.6 is 0 Å². The molecule has 1 aromatic heterocycles. The maximum Gasteiger partial charge on any atom is 0.337 e. The van der Waals surface area contributed by atoms with Gasteiger partial charge in [0, 0.05) is 20.6 Å². The quantitative estimate of drug-likeness (QED) is 0.859. The van der Waals surface area contributed by atoms with Gasteiger partial charge in [0.25, 0.3) is 0 Å². The van der Waals surface area contributed by atoms with Gasteiger partial charge in [-0.05, 0) is 26.0 Å². The van der Waals surface area contributed by atoms with E-state index in [1.54, 1.807) is 32.0 Å². The number of carbonyl (C=O) groups is 2. The van der Waals surface area contributed by atoms with Gasteiger partial charge in [0.1, 0.15) is 5.82 Å². The van der Waals surface area contributed by atoms with E-state index >= 15 is 0 Å². The number of aromatic carboxylic acids is 1. The molecule has 6 heteroatoms. The topological polar surface area (TPSA) is 73.7 Å². The number of pyridine rings is 1. The minimum absolute atomic E-state index is 0.0244. The van der Waals surface area contributed by atoms with Gasteiger partial charge in [0.05, 0.1) is 17.8 Å². The highest BCUT2D eigenvalue weighted by molar-refractivity contribution is 5.89. The predicted octanol–water partition coefficient (Wildman–Crippen LogP) is 1.00. The number of aromatic nitrogens is 1. The number of aryl methyl sites for hydroxylation is 1. The van der Waals surface area contributed by atoms with Crippen LogP contribution in [0.5, 0.6) is 0 Å². The zero-order chi connectivity index (χ0) is 14.6. The molecule has 0 bridgehead atoms. The van der Waals surface area contributed by atoms with Crippen LogP contribution < -0.4 is 4.90 Å². The molecule has 0 saturated heterocycles. The van der Waals surface area contributed by atoms with E-state index in [2.05, 4.69) is 4.98 Å². The summed E-state index contributed by atoms with van der Waals surface area (Å²) in [4.78, 5) is 30.2. The van der Waals surface area contributed by atoms with Crippen molar-refractivity contribution in [2.75, 3.05) is 32.1 Å². The number of carboxylic acids is 1. The lowest BCUT2D eigenvalue weighted by Gasteiger charge is -2.23.